The van der Waals surface area contributed by atoms with Crippen LogP contribution in [0.1, 0.15) is 44.2 Å². The standard InChI is InChI=1S/C22H34N6/c1-3-11-27-12-8-21(9-13-27)26-22(24-4-2)25-16-19-6-5-7-20(15-19)17-28-14-10-23-18-28/h5-7,10,14-15,18,21H,3-4,8-9,11-13,16-17H2,1-2H3,(H2,24,25,26). The lowest BCUT2D eigenvalue weighted by atomic mass is 10.1. The largest absolute Gasteiger partial charge is 0.357 e. The van der Waals surface area contributed by atoms with E-state index in [4.69, 9.17) is 4.99 Å². The molecule has 6 heteroatoms. The van der Waals surface area contributed by atoms with E-state index in [2.05, 4.69) is 63.2 Å². The van der Waals surface area contributed by atoms with Crippen molar-refractivity contribution in [3.8, 4) is 0 Å². The Hall–Kier alpha value is -2.34. The zero-order chi connectivity index (χ0) is 19.6. The van der Waals surface area contributed by atoms with Gasteiger partial charge < -0.3 is 20.1 Å². The Morgan fingerprint density at radius 2 is 2.04 bits per heavy atom. The van der Waals surface area contributed by atoms with Crippen LogP contribution in [0.2, 0.25) is 0 Å². The van der Waals surface area contributed by atoms with Gasteiger partial charge in [-0.1, -0.05) is 31.2 Å². The molecule has 0 atom stereocenters. The van der Waals surface area contributed by atoms with Gasteiger partial charge in [-0.2, -0.15) is 0 Å². The number of nitrogens with one attached hydrogen (secondary N) is 2. The van der Waals surface area contributed by atoms with E-state index in [0.29, 0.717) is 12.6 Å². The summed E-state index contributed by atoms with van der Waals surface area (Å²) in [5, 5.41) is 7.04. The summed E-state index contributed by atoms with van der Waals surface area (Å²) in [5.74, 6) is 0.927. The number of aromatic nitrogens is 2. The summed E-state index contributed by atoms with van der Waals surface area (Å²) in [6, 6.07) is 9.16. The van der Waals surface area contributed by atoms with Gasteiger partial charge >= 0.3 is 0 Å². The van der Waals surface area contributed by atoms with Crippen molar-refractivity contribution in [1.82, 2.24) is 25.1 Å². The van der Waals surface area contributed by atoms with Gasteiger partial charge in [-0.25, -0.2) is 9.98 Å². The quantitative estimate of drug-likeness (QED) is 0.544. The molecule has 0 unspecified atom stereocenters. The van der Waals surface area contributed by atoms with Crippen molar-refractivity contribution >= 4 is 5.96 Å². The zero-order valence-corrected chi connectivity index (χ0v) is 17.3. The van der Waals surface area contributed by atoms with Crippen LogP contribution in [0.15, 0.2) is 48.0 Å². The van der Waals surface area contributed by atoms with Crippen LogP contribution < -0.4 is 10.6 Å². The molecule has 1 aliphatic rings. The van der Waals surface area contributed by atoms with Crippen LogP contribution >= 0.6 is 0 Å². The van der Waals surface area contributed by atoms with E-state index in [1.54, 1.807) is 0 Å². The number of likely N-dealkylation sites (tertiary alicyclic amines) is 1. The summed E-state index contributed by atoms with van der Waals surface area (Å²) >= 11 is 0. The maximum Gasteiger partial charge on any atom is 0.191 e. The Labute approximate surface area is 169 Å². The molecule has 2 aromatic rings. The highest BCUT2D eigenvalue weighted by molar-refractivity contribution is 5.80. The van der Waals surface area contributed by atoms with Gasteiger partial charge in [-0.05, 0) is 43.9 Å². The van der Waals surface area contributed by atoms with Crippen molar-refractivity contribution in [3.05, 3.63) is 54.1 Å². The summed E-state index contributed by atoms with van der Waals surface area (Å²) in [6.45, 7) is 10.4. The Morgan fingerprint density at radius 1 is 1.21 bits per heavy atom. The third-order valence-electron chi connectivity index (χ3n) is 5.15. The molecule has 1 aromatic heterocycles. The summed E-state index contributed by atoms with van der Waals surface area (Å²) in [4.78, 5) is 11.5. The molecule has 1 saturated heterocycles. The second-order valence-electron chi connectivity index (χ2n) is 7.51. The van der Waals surface area contributed by atoms with Crippen molar-refractivity contribution in [2.45, 2.75) is 52.2 Å². The average Bonchev–Trinajstić information content (AvgIpc) is 3.21. The molecular formula is C22H34N6. The maximum atomic E-state index is 4.83. The van der Waals surface area contributed by atoms with Crippen LogP contribution in [-0.4, -0.2) is 52.6 Å². The fourth-order valence-electron chi connectivity index (χ4n) is 3.72. The van der Waals surface area contributed by atoms with Crippen molar-refractivity contribution in [2.75, 3.05) is 26.2 Å². The summed E-state index contributed by atoms with van der Waals surface area (Å²) in [5.41, 5.74) is 2.50. The first-order chi connectivity index (χ1) is 13.8. The topological polar surface area (TPSA) is 57.5 Å². The minimum absolute atomic E-state index is 0.512. The smallest absolute Gasteiger partial charge is 0.191 e. The third-order valence-corrected chi connectivity index (χ3v) is 5.15. The fraction of sp³-hybridized carbons (Fsp3) is 0.545. The molecule has 28 heavy (non-hydrogen) atoms. The lowest BCUT2D eigenvalue weighted by molar-refractivity contribution is 0.206. The highest BCUT2D eigenvalue weighted by Crippen LogP contribution is 2.11. The van der Waals surface area contributed by atoms with E-state index in [1.165, 1.54) is 50.0 Å². The molecule has 0 spiro atoms. The molecule has 1 fully saturated rings. The van der Waals surface area contributed by atoms with Crippen molar-refractivity contribution in [3.63, 3.8) is 0 Å². The minimum atomic E-state index is 0.512. The molecule has 0 bridgehead atoms. The maximum absolute atomic E-state index is 4.83. The van der Waals surface area contributed by atoms with Crippen molar-refractivity contribution in [2.24, 2.45) is 4.99 Å². The van der Waals surface area contributed by atoms with Crippen molar-refractivity contribution < 1.29 is 0 Å². The predicted molar refractivity (Wildman–Crippen MR) is 115 cm³/mol. The fourth-order valence-corrected chi connectivity index (χ4v) is 3.72. The number of benzene rings is 1. The van der Waals surface area contributed by atoms with Crippen LogP contribution in [0.25, 0.3) is 0 Å². The van der Waals surface area contributed by atoms with Crippen LogP contribution in [0.3, 0.4) is 0 Å². The molecule has 0 aliphatic carbocycles. The molecule has 1 aliphatic heterocycles. The number of hydrogen-bond acceptors (Lipinski definition) is 3. The van der Waals surface area contributed by atoms with E-state index in [9.17, 15) is 0 Å². The van der Waals surface area contributed by atoms with Gasteiger partial charge in [0.25, 0.3) is 0 Å². The summed E-state index contributed by atoms with van der Waals surface area (Å²) in [6.07, 6.45) is 9.26. The summed E-state index contributed by atoms with van der Waals surface area (Å²) in [7, 11) is 0. The molecular weight excluding hydrogens is 348 g/mol. The Kier molecular flexibility index (Phi) is 7.91. The average molecular weight is 383 g/mol. The zero-order valence-electron chi connectivity index (χ0n) is 17.3. The normalized spacial score (nSPS) is 16.3. The molecule has 2 N–H and O–H groups in total. The van der Waals surface area contributed by atoms with E-state index in [1.807, 2.05) is 18.7 Å². The van der Waals surface area contributed by atoms with E-state index in [-0.39, 0.29) is 0 Å². The van der Waals surface area contributed by atoms with E-state index >= 15 is 0 Å². The predicted octanol–water partition coefficient (Wildman–Crippen LogP) is 2.86. The molecule has 0 radical (unpaired) electrons. The van der Waals surface area contributed by atoms with Gasteiger partial charge in [-0.3, -0.25) is 0 Å². The first kappa shape index (κ1) is 20.4. The number of guanidine groups is 1. The second kappa shape index (κ2) is 10.9. The van der Waals surface area contributed by atoms with Gasteiger partial charge in [0.1, 0.15) is 0 Å². The SMILES string of the molecule is CCCN1CCC(NC(=NCc2cccc(Cn3ccnc3)c2)NCC)CC1. The minimum Gasteiger partial charge on any atom is -0.357 e. The molecule has 0 saturated carbocycles. The lowest BCUT2D eigenvalue weighted by Gasteiger charge is -2.32. The van der Waals surface area contributed by atoms with Gasteiger partial charge in [0.05, 0.1) is 12.9 Å². The Morgan fingerprint density at radius 3 is 2.75 bits per heavy atom. The van der Waals surface area contributed by atoms with Crippen LogP contribution in [0.4, 0.5) is 0 Å². The van der Waals surface area contributed by atoms with Gasteiger partial charge in [0, 0.05) is 44.6 Å². The van der Waals surface area contributed by atoms with Gasteiger partial charge in [0.2, 0.25) is 0 Å². The molecule has 3 rings (SSSR count). The van der Waals surface area contributed by atoms with Crippen LogP contribution in [0.5, 0.6) is 0 Å². The lowest BCUT2D eigenvalue weighted by Crippen LogP contribution is -2.48. The van der Waals surface area contributed by atoms with Crippen molar-refractivity contribution in [1.29, 1.82) is 0 Å². The van der Waals surface area contributed by atoms with E-state index in [0.717, 1.165) is 19.0 Å². The molecule has 2 heterocycles. The number of piperidine rings is 1. The van der Waals surface area contributed by atoms with E-state index < -0.39 is 0 Å². The number of nitrogens with zero attached hydrogens (tertiary/aromatic N) is 4. The monoisotopic (exact) mass is 382 g/mol. The molecule has 0 amide bonds. The van der Waals surface area contributed by atoms with Crippen LogP contribution in [0, 0.1) is 0 Å². The van der Waals surface area contributed by atoms with Crippen LogP contribution in [-0.2, 0) is 13.1 Å². The highest BCUT2D eigenvalue weighted by atomic mass is 15.2. The Bertz CT molecular complexity index is 716. The van der Waals surface area contributed by atoms with Gasteiger partial charge in [-0.15, -0.1) is 0 Å². The second-order valence-corrected chi connectivity index (χ2v) is 7.51. The third kappa shape index (κ3) is 6.37. The number of aliphatic imine (C=N–C) groups is 1. The van der Waals surface area contributed by atoms with Gasteiger partial charge in [0.15, 0.2) is 5.96 Å². The summed E-state index contributed by atoms with van der Waals surface area (Å²) < 4.78 is 2.08. The molecule has 1 aromatic carbocycles. The number of imidazole rings is 1. The first-order valence-electron chi connectivity index (χ1n) is 10.6. The number of rotatable bonds is 8. The number of hydrogen-bond donors (Lipinski definition) is 2. The molecule has 6 nitrogen and oxygen atoms in total. The molecule has 152 valence electrons. The highest BCUT2D eigenvalue weighted by Gasteiger charge is 2.19. The first-order valence-corrected chi connectivity index (χ1v) is 10.6. The Balaban J connectivity index is 1.55.